The van der Waals surface area contributed by atoms with Crippen LogP contribution in [0.2, 0.25) is 0 Å². The van der Waals surface area contributed by atoms with Crippen molar-refractivity contribution >= 4 is 17.2 Å². The van der Waals surface area contributed by atoms with Crippen LogP contribution in [0.15, 0.2) is 42.6 Å². The summed E-state index contributed by atoms with van der Waals surface area (Å²) in [4.78, 5) is 19.7. The van der Waals surface area contributed by atoms with Crippen molar-refractivity contribution in [2.24, 2.45) is 5.41 Å². The zero-order valence-electron chi connectivity index (χ0n) is 21.6. The van der Waals surface area contributed by atoms with Crippen LogP contribution >= 0.6 is 0 Å². The van der Waals surface area contributed by atoms with Gasteiger partial charge >= 0.3 is 0 Å². The van der Waals surface area contributed by atoms with Crippen LogP contribution in [0.4, 0.5) is 5.69 Å². The molecule has 0 saturated heterocycles. The van der Waals surface area contributed by atoms with E-state index in [0.29, 0.717) is 25.1 Å². The van der Waals surface area contributed by atoms with Crippen LogP contribution in [-0.2, 0) is 10.3 Å². The van der Waals surface area contributed by atoms with Gasteiger partial charge in [0.1, 0.15) is 11.8 Å². The molecule has 0 saturated carbocycles. The lowest BCUT2D eigenvalue weighted by molar-refractivity contribution is -0.0625. The maximum atomic E-state index is 12.9. The number of imidazole rings is 1. The fourth-order valence-corrected chi connectivity index (χ4v) is 5.23. The highest BCUT2D eigenvalue weighted by Crippen LogP contribution is 2.43. The van der Waals surface area contributed by atoms with Crippen molar-refractivity contribution in [3.8, 4) is 6.07 Å². The molecule has 7 nitrogen and oxygen atoms in total. The Hall–Kier alpha value is -3.21. The number of aromatic amines is 1. The maximum Gasteiger partial charge on any atom is 0.291 e. The normalized spacial score (nSPS) is 22.5. The van der Waals surface area contributed by atoms with Crippen LogP contribution in [0, 0.1) is 16.7 Å². The Morgan fingerprint density at radius 3 is 2.78 bits per heavy atom. The Morgan fingerprint density at radius 2 is 2.17 bits per heavy atom. The molecule has 190 valence electrons. The summed E-state index contributed by atoms with van der Waals surface area (Å²) in [5.41, 5.74) is 2.40. The molecule has 2 heterocycles. The molecule has 1 aromatic heterocycles. The van der Waals surface area contributed by atoms with Crippen LogP contribution in [0.1, 0.15) is 93.7 Å². The number of H-pyrrole nitrogens is 1. The highest BCUT2D eigenvalue weighted by Gasteiger charge is 2.39. The number of benzene rings is 1. The summed E-state index contributed by atoms with van der Waals surface area (Å²) in [5, 5.41) is 24.0. The van der Waals surface area contributed by atoms with E-state index in [1.807, 2.05) is 43.3 Å². The van der Waals surface area contributed by atoms with Gasteiger partial charge in [-0.25, -0.2) is 4.98 Å². The minimum absolute atomic E-state index is 0.0842. The van der Waals surface area contributed by atoms with Crippen molar-refractivity contribution in [1.29, 1.82) is 5.26 Å². The second-order valence-electron chi connectivity index (χ2n) is 11.1. The predicted octanol–water partition coefficient (Wildman–Crippen LogP) is 5.85. The largest absolute Gasteiger partial charge is 0.385 e. The van der Waals surface area contributed by atoms with E-state index in [-0.39, 0.29) is 16.9 Å². The summed E-state index contributed by atoms with van der Waals surface area (Å²) >= 11 is 0. The SMILES string of the molecule is CCCC(O)(C[C@@]1(C)C=CCO1)c1ccc(NC(=O)c2ncc(C#N)[nH]2)c(C2=CCC(C)(C)CC2)c1. The minimum atomic E-state index is -1.08. The molecule has 1 unspecified atom stereocenters. The first-order valence-electron chi connectivity index (χ1n) is 12.7. The monoisotopic (exact) mass is 488 g/mol. The molecule has 1 aliphatic heterocycles. The Morgan fingerprint density at radius 1 is 1.36 bits per heavy atom. The molecule has 1 aromatic carbocycles. The van der Waals surface area contributed by atoms with Gasteiger partial charge in [0.05, 0.1) is 24.0 Å². The third kappa shape index (κ3) is 5.61. The number of hydrogen-bond donors (Lipinski definition) is 3. The van der Waals surface area contributed by atoms with Gasteiger partial charge in [-0.2, -0.15) is 5.26 Å². The van der Waals surface area contributed by atoms with Gasteiger partial charge in [0.25, 0.3) is 5.91 Å². The first-order valence-corrected chi connectivity index (χ1v) is 12.7. The molecule has 1 aliphatic carbocycles. The number of rotatable bonds is 8. The number of carbonyl (C=O) groups is 1. The maximum absolute atomic E-state index is 12.9. The molecule has 3 N–H and O–H groups in total. The third-order valence-corrected chi connectivity index (χ3v) is 7.32. The summed E-state index contributed by atoms with van der Waals surface area (Å²) < 4.78 is 5.94. The zero-order valence-corrected chi connectivity index (χ0v) is 21.6. The van der Waals surface area contributed by atoms with Crippen LogP contribution in [0.25, 0.3) is 5.57 Å². The molecule has 36 heavy (non-hydrogen) atoms. The number of aromatic nitrogens is 2. The molecule has 0 fully saturated rings. The average Bonchev–Trinajstić information content (AvgIpc) is 3.49. The molecule has 7 heteroatoms. The van der Waals surface area contributed by atoms with E-state index < -0.39 is 17.1 Å². The number of nitriles is 1. The molecule has 0 radical (unpaired) electrons. The second kappa shape index (κ2) is 10.0. The van der Waals surface area contributed by atoms with Gasteiger partial charge in [0, 0.05) is 17.7 Å². The van der Waals surface area contributed by atoms with Gasteiger partial charge < -0.3 is 20.1 Å². The van der Waals surface area contributed by atoms with E-state index in [0.717, 1.165) is 42.4 Å². The standard InChI is InChI=1S/C29H36N4O3/c1-5-11-29(35,19-28(4)12-6-15-36-28)21-7-8-24(33-26(34)25-31-18-22(17-30)32-25)23(16-21)20-9-13-27(2,3)14-10-20/h6-9,12,16,18,35H,5,10-11,13-15,19H2,1-4H3,(H,31,32)(H,33,34)/t28-,29?/m1/s1. The van der Waals surface area contributed by atoms with Crippen molar-refractivity contribution in [2.45, 2.75) is 77.4 Å². The summed E-state index contributed by atoms with van der Waals surface area (Å²) in [5.74, 6) is -0.330. The van der Waals surface area contributed by atoms with E-state index in [1.165, 1.54) is 6.20 Å². The Balaban J connectivity index is 1.72. The molecule has 2 aliphatic rings. The number of carbonyl (C=O) groups excluding carboxylic acids is 1. The van der Waals surface area contributed by atoms with E-state index in [4.69, 9.17) is 10.00 Å². The summed E-state index contributed by atoms with van der Waals surface area (Å²) in [7, 11) is 0. The van der Waals surface area contributed by atoms with Crippen molar-refractivity contribution in [1.82, 2.24) is 9.97 Å². The fraction of sp³-hybridized carbons (Fsp3) is 0.483. The Labute approximate surface area is 213 Å². The highest BCUT2D eigenvalue weighted by molar-refractivity contribution is 6.03. The smallest absolute Gasteiger partial charge is 0.291 e. The summed E-state index contributed by atoms with van der Waals surface area (Å²) in [6.45, 7) is 9.16. The molecule has 2 aromatic rings. The molecule has 0 bridgehead atoms. The van der Waals surface area contributed by atoms with Gasteiger partial charge in [-0.3, -0.25) is 4.79 Å². The molecule has 2 atom stereocenters. The lowest BCUT2D eigenvalue weighted by atomic mass is 9.75. The van der Waals surface area contributed by atoms with Gasteiger partial charge in [-0.15, -0.1) is 0 Å². The second-order valence-corrected chi connectivity index (χ2v) is 11.1. The van der Waals surface area contributed by atoms with E-state index in [9.17, 15) is 9.90 Å². The molecular weight excluding hydrogens is 452 g/mol. The van der Waals surface area contributed by atoms with E-state index in [2.05, 4.69) is 42.1 Å². The number of anilines is 1. The van der Waals surface area contributed by atoms with Crippen molar-refractivity contribution in [2.75, 3.05) is 11.9 Å². The fourth-order valence-electron chi connectivity index (χ4n) is 5.23. The lowest BCUT2D eigenvalue weighted by Crippen LogP contribution is -2.37. The minimum Gasteiger partial charge on any atom is -0.385 e. The number of hydrogen-bond acceptors (Lipinski definition) is 5. The quantitative estimate of drug-likeness (QED) is 0.404. The predicted molar refractivity (Wildman–Crippen MR) is 140 cm³/mol. The number of ether oxygens (including phenoxy) is 1. The number of allylic oxidation sites excluding steroid dienone is 2. The Bertz CT molecular complexity index is 1240. The first-order chi connectivity index (χ1) is 17.1. The van der Waals surface area contributed by atoms with Crippen LogP contribution in [-0.4, -0.2) is 33.2 Å². The number of nitrogens with one attached hydrogen (secondary N) is 2. The first kappa shape index (κ1) is 25.9. The molecular formula is C29H36N4O3. The van der Waals surface area contributed by atoms with Gasteiger partial charge in [-0.1, -0.05) is 51.5 Å². The molecule has 4 rings (SSSR count). The topological polar surface area (TPSA) is 111 Å². The van der Waals surface area contributed by atoms with Crippen LogP contribution in [0.5, 0.6) is 0 Å². The van der Waals surface area contributed by atoms with Gasteiger partial charge in [-0.05, 0) is 61.3 Å². The number of nitrogens with zero attached hydrogens (tertiary/aromatic N) is 2. The molecule has 1 amide bonds. The van der Waals surface area contributed by atoms with E-state index >= 15 is 0 Å². The third-order valence-electron chi connectivity index (χ3n) is 7.32. The Kier molecular flexibility index (Phi) is 7.21. The van der Waals surface area contributed by atoms with Crippen LogP contribution < -0.4 is 5.32 Å². The number of amides is 1. The van der Waals surface area contributed by atoms with Crippen molar-refractivity contribution in [3.05, 3.63) is 65.3 Å². The summed E-state index contributed by atoms with van der Waals surface area (Å²) in [6.07, 6.45) is 12.4. The van der Waals surface area contributed by atoms with Crippen molar-refractivity contribution < 1.29 is 14.6 Å². The van der Waals surface area contributed by atoms with Gasteiger partial charge in [0.15, 0.2) is 5.82 Å². The zero-order chi connectivity index (χ0) is 26.0. The van der Waals surface area contributed by atoms with Crippen LogP contribution in [0.3, 0.4) is 0 Å². The molecule has 0 spiro atoms. The average molecular weight is 489 g/mol. The van der Waals surface area contributed by atoms with Crippen molar-refractivity contribution in [3.63, 3.8) is 0 Å². The van der Waals surface area contributed by atoms with E-state index in [1.54, 1.807) is 0 Å². The highest BCUT2D eigenvalue weighted by atomic mass is 16.5. The van der Waals surface area contributed by atoms with Gasteiger partial charge in [0.2, 0.25) is 0 Å². The lowest BCUT2D eigenvalue weighted by Gasteiger charge is -2.36. The summed E-state index contributed by atoms with van der Waals surface area (Å²) in [6, 6.07) is 7.75. The number of aliphatic hydroxyl groups is 1.